The first kappa shape index (κ1) is 16.1. The largest absolute Gasteiger partial charge is 0.457 e. The molecular weight excluding hydrogens is 326 g/mol. The molecule has 2 aromatic rings. The molecule has 0 fully saturated rings. The highest BCUT2D eigenvalue weighted by Gasteiger charge is 2.08. The van der Waals surface area contributed by atoms with Gasteiger partial charge in [0, 0.05) is 16.6 Å². The van der Waals surface area contributed by atoms with Gasteiger partial charge < -0.3 is 10.1 Å². The molecule has 2 rings (SSSR count). The van der Waals surface area contributed by atoms with Crippen molar-refractivity contribution in [2.45, 2.75) is 33.7 Å². The van der Waals surface area contributed by atoms with Crippen LogP contribution in [0.3, 0.4) is 0 Å². The molecule has 0 heterocycles. The molecule has 21 heavy (non-hydrogen) atoms. The third-order valence-corrected chi connectivity index (χ3v) is 3.82. The Morgan fingerprint density at radius 1 is 1.05 bits per heavy atom. The maximum absolute atomic E-state index is 6.14. The smallest absolute Gasteiger partial charge is 0.133 e. The van der Waals surface area contributed by atoms with E-state index in [4.69, 9.17) is 4.74 Å². The highest BCUT2D eigenvalue weighted by atomic mass is 79.9. The average molecular weight is 348 g/mol. The summed E-state index contributed by atoms with van der Waals surface area (Å²) < 4.78 is 7.17. The first-order valence-electron chi connectivity index (χ1n) is 7.34. The minimum atomic E-state index is 0.821. The molecule has 0 aliphatic heterocycles. The molecule has 2 aromatic carbocycles. The van der Waals surface area contributed by atoms with E-state index in [1.54, 1.807) is 0 Å². The fourth-order valence-electron chi connectivity index (χ4n) is 2.20. The lowest BCUT2D eigenvalue weighted by atomic mass is 10.1. The maximum Gasteiger partial charge on any atom is 0.133 e. The van der Waals surface area contributed by atoms with Gasteiger partial charge in [-0.3, -0.25) is 0 Å². The van der Waals surface area contributed by atoms with E-state index in [2.05, 4.69) is 66.3 Å². The Morgan fingerprint density at radius 2 is 1.86 bits per heavy atom. The Bertz CT molecular complexity index is 610. The molecule has 112 valence electrons. The summed E-state index contributed by atoms with van der Waals surface area (Å²) in [5.41, 5.74) is 3.58. The summed E-state index contributed by atoms with van der Waals surface area (Å²) in [6.45, 7) is 8.17. The van der Waals surface area contributed by atoms with E-state index in [1.165, 1.54) is 11.1 Å². The summed E-state index contributed by atoms with van der Waals surface area (Å²) in [6, 6.07) is 12.4. The van der Waals surface area contributed by atoms with E-state index in [-0.39, 0.29) is 0 Å². The van der Waals surface area contributed by atoms with Gasteiger partial charge in [0.2, 0.25) is 0 Å². The molecule has 0 aliphatic rings. The SMILES string of the molecule is CCCNCc1ccc(Br)cc1Oc1ccc(C)cc1C. The summed E-state index contributed by atoms with van der Waals surface area (Å²) in [5.74, 6) is 1.82. The van der Waals surface area contributed by atoms with Crippen molar-refractivity contribution < 1.29 is 4.74 Å². The molecule has 0 aromatic heterocycles. The van der Waals surface area contributed by atoms with Crippen molar-refractivity contribution >= 4 is 15.9 Å². The van der Waals surface area contributed by atoms with Gasteiger partial charge in [0.25, 0.3) is 0 Å². The third kappa shape index (κ3) is 4.58. The number of ether oxygens (including phenoxy) is 1. The lowest BCUT2D eigenvalue weighted by Gasteiger charge is -2.14. The summed E-state index contributed by atoms with van der Waals surface area (Å²) in [4.78, 5) is 0. The van der Waals surface area contributed by atoms with E-state index in [0.717, 1.165) is 41.0 Å². The van der Waals surface area contributed by atoms with E-state index < -0.39 is 0 Å². The molecule has 0 saturated heterocycles. The van der Waals surface area contributed by atoms with Crippen LogP contribution in [0, 0.1) is 13.8 Å². The fourth-order valence-corrected chi connectivity index (χ4v) is 2.54. The predicted molar refractivity (Wildman–Crippen MR) is 92.1 cm³/mol. The molecule has 0 saturated carbocycles. The molecule has 0 atom stereocenters. The standard InChI is InChI=1S/C18H22BrNO/c1-4-9-20-12-15-6-7-16(19)11-18(15)21-17-8-5-13(2)10-14(17)3/h5-8,10-11,20H,4,9,12H2,1-3H3. The van der Waals surface area contributed by atoms with Crippen LogP contribution in [0.2, 0.25) is 0 Å². The zero-order valence-corrected chi connectivity index (χ0v) is 14.5. The summed E-state index contributed by atoms with van der Waals surface area (Å²) >= 11 is 3.52. The number of rotatable bonds is 6. The minimum Gasteiger partial charge on any atom is -0.457 e. The second-order valence-electron chi connectivity index (χ2n) is 5.30. The van der Waals surface area contributed by atoms with Crippen LogP contribution in [-0.2, 0) is 6.54 Å². The van der Waals surface area contributed by atoms with Gasteiger partial charge in [0.1, 0.15) is 11.5 Å². The molecule has 1 N–H and O–H groups in total. The van der Waals surface area contributed by atoms with Crippen molar-refractivity contribution in [1.29, 1.82) is 0 Å². The topological polar surface area (TPSA) is 21.3 Å². The first-order chi connectivity index (χ1) is 10.1. The molecule has 3 heteroatoms. The van der Waals surface area contributed by atoms with Crippen LogP contribution in [-0.4, -0.2) is 6.54 Å². The molecule has 0 unspecified atom stereocenters. The summed E-state index contributed by atoms with van der Waals surface area (Å²) in [7, 11) is 0. The average Bonchev–Trinajstić information content (AvgIpc) is 2.44. The van der Waals surface area contributed by atoms with Gasteiger partial charge in [-0.1, -0.05) is 46.6 Å². The van der Waals surface area contributed by atoms with Crippen LogP contribution in [0.1, 0.15) is 30.0 Å². The van der Waals surface area contributed by atoms with Crippen molar-refractivity contribution in [3.05, 3.63) is 57.6 Å². The van der Waals surface area contributed by atoms with Crippen molar-refractivity contribution in [3.63, 3.8) is 0 Å². The molecule has 0 aliphatic carbocycles. The normalized spacial score (nSPS) is 10.7. The number of aryl methyl sites for hydroxylation is 2. The Morgan fingerprint density at radius 3 is 2.57 bits per heavy atom. The quantitative estimate of drug-likeness (QED) is 0.710. The number of hydrogen-bond acceptors (Lipinski definition) is 2. The molecule has 2 nitrogen and oxygen atoms in total. The van der Waals surface area contributed by atoms with Gasteiger partial charge in [0.15, 0.2) is 0 Å². The number of benzene rings is 2. The lowest BCUT2D eigenvalue weighted by molar-refractivity contribution is 0.468. The van der Waals surface area contributed by atoms with E-state index in [0.29, 0.717) is 0 Å². The van der Waals surface area contributed by atoms with Crippen molar-refractivity contribution in [2.75, 3.05) is 6.54 Å². The van der Waals surface area contributed by atoms with E-state index >= 15 is 0 Å². The Balaban J connectivity index is 2.22. The Kier molecular flexibility index (Phi) is 5.83. The molecule has 0 bridgehead atoms. The zero-order valence-electron chi connectivity index (χ0n) is 12.9. The van der Waals surface area contributed by atoms with Gasteiger partial charge in [-0.05, 0) is 50.6 Å². The second kappa shape index (κ2) is 7.62. The van der Waals surface area contributed by atoms with Gasteiger partial charge in [-0.15, -0.1) is 0 Å². The van der Waals surface area contributed by atoms with E-state index in [1.807, 2.05) is 12.1 Å². The third-order valence-electron chi connectivity index (χ3n) is 3.32. The number of halogens is 1. The van der Waals surface area contributed by atoms with Crippen molar-refractivity contribution in [2.24, 2.45) is 0 Å². The van der Waals surface area contributed by atoms with Gasteiger partial charge in [0.05, 0.1) is 0 Å². The van der Waals surface area contributed by atoms with E-state index in [9.17, 15) is 0 Å². The van der Waals surface area contributed by atoms with Crippen LogP contribution >= 0.6 is 15.9 Å². The lowest BCUT2D eigenvalue weighted by Crippen LogP contribution is -2.14. The van der Waals surface area contributed by atoms with Gasteiger partial charge in [-0.25, -0.2) is 0 Å². The van der Waals surface area contributed by atoms with Crippen LogP contribution < -0.4 is 10.1 Å². The number of hydrogen-bond donors (Lipinski definition) is 1. The predicted octanol–water partition coefficient (Wildman–Crippen LogP) is 5.36. The van der Waals surface area contributed by atoms with Crippen molar-refractivity contribution in [1.82, 2.24) is 5.32 Å². The molecular formula is C18H22BrNO. The first-order valence-corrected chi connectivity index (χ1v) is 8.13. The van der Waals surface area contributed by atoms with Gasteiger partial charge in [-0.2, -0.15) is 0 Å². The molecule has 0 spiro atoms. The second-order valence-corrected chi connectivity index (χ2v) is 6.22. The fraction of sp³-hybridized carbons (Fsp3) is 0.333. The van der Waals surface area contributed by atoms with Crippen LogP contribution in [0.4, 0.5) is 0 Å². The highest BCUT2D eigenvalue weighted by Crippen LogP contribution is 2.30. The van der Waals surface area contributed by atoms with Crippen LogP contribution in [0.25, 0.3) is 0 Å². The van der Waals surface area contributed by atoms with Crippen LogP contribution in [0.5, 0.6) is 11.5 Å². The zero-order chi connectivity index (χ0) is 15.2. The van der Waals surface area contributed by atoms with Crippen LogP contribution in [0.15, 0.2) is 40.9 Å². The molecule has 0 radical (unpaired) electrons. The Hall–Kier alpha value is -1.32. The van der Waals surface area contributed by atoms with Crippen molar-refractivity contribution in [3.8, 4) is 11.5 Å². The molecule has 0 amide bonds. The summed E-state index contributed by atoms with van der Waals surface area (Å²) in [6.07, 6.45) is 1.13. The number of nitrogens with one attached hydrogen (secondary N) is 1. The minimum absolute atomic E-state index is 0.821. The maximum atomic E-state index is 6.14. The monoisotopic (exact) mass is 347 g/mol. The van der Waals surface area contributed by atoms with Gasteiger partial charge >= 0.3 is 0 Å². The summed E-state index contributed by atoms with van der Waals surface area (Å²) in [5, 5.41) is 3.43. The Labute approximate surface area is 135 Å². The highest BCUT2D eigenvalue weighted by molar-refractivity contribution is 9.10.